The summed E-state index contributed by atoms with van der Waals surface area (Å²) >= 11 is 0. The predicted molar refractivity (Wildman–Crippen MR) is 98.0 cm³/mol. The zero-order valence-corrected chi connectivity index (χ0v) is 13.7. The summed E-state index contributed by atoms with van der Waals surface area (Å²) in [5.41, 5.74) is 1.81. The maximum Gasteiger partial charge on any atom is 0.252 e. The fraction of sp³-hybridized carbons (Fsp3) is 0.143. The number of nitrogens with one attached hydrogen (secondary N) is 1. The molecule has 0 spiro atoms. The number of hydrogen-bond donors (Lipinski definition) is 1. The number of carbonyl (C=O) groups excluding carboxylic acids is 2. The van der Waals surface area contributed by atoms with Crippen LogP contribution < -0.4 is 5.32 Å². The summed E-state index contributed by atoms with van der Waals surface area (Å²) in [6, 6.07) is 23.1. The van der Waals surface area contributed by atoms with E-state index in [2.05, 4.69) is 5.32 Å². The van der Waals surface area contributed by atoms with Crippen molar-refractivity contribution in [3.05, 3.63) is 78.4 Å². The molecule has 3 aromatic carbocycles. The zero-order chi connectivity index (χ0) is 17.2. The van der Waals surface area contributed by atoms with Crippen molar-refractivity contribution in [2.45, 2.75) is 19.0 Å². The van der Waals surface area contributed by atoms with Crippen LogP contribution in [0.5, 0.6) is 0 Å². The second-order valence-electron chi connectivity index (χ2n) is 6.27. The van der Waals surface area contributed by atoms with Crippen LogP contribution in [0.25, 0.3) is 10.8 Å². The average Bonchev–Trinajstić information content (AvgIpc) is 2.90. The van der Waals surface area contributed by atoms with E-state index in [0.29, 0.717) is 6.54 Å². The van der Waals surface area contributed by atoms with Gasteiger partial charge in [-0.15, -0.1) is 0 Å². The van der Waals surface area contributed by atoms with Crippen molar-refractivity contribution in [3.8, 4) is 0 Å². The molecule has 0 unspecified atom stereocenters. The topological polar surface area (TPSA) is 49.4 Å². The Bertz CT molecular complexity index is 937. The Morgan fingerprint density at radius 3 is 2.40 bits per heavy atom. The van der Waals surface area contributed by atoms with Crippen LogP contribution in [0.15, 0.2) is 72.8 Å². The number of fused-ring (bicyclic) bond motifs is 1. The Balaban J connectivity index is 1.51. The minimum atomic E-state index is -0.502. The summed E-state index contributed by atoms with van der Waals surface area (Å²) < 4.78 is 0. The van der Waals surface area contributed by atoms with Crippen molar-refractivity contribution >= 4 is 28.3 Å². The highest BCUT2D eigenvalue weighted by Gasteiger charge is 2.38. The van der Waals surface area contributed by atoms with Crippen molar-refractivity contribution in [2.75, 3.05) is 5.32 Å². The molecule has 4 rings (SSSR count). The molecule has 0 saturated carbocycles. The second kappa shape index (κ2) is 6.40. The van der Waals surface area contributed by atoms with E-state index in [-0.39, 0.29) is 18.2 Å². The van der Waals surface area contributed by atoms with E-state index in [1.54, 1.807) is 0 Å². The van der Waals surface area contributed by atoms with Gasteiger partial charge >= 0.3 is 0 Å². The van der Waals surface area contributed by atoms with Crippen LogP contribution in [0.4, 0.5) is 5.69 Å². The largest absolute Gasteiger partial charge is 0.373 e. The predicted octanol–water partition coefficient (Wildman–Crippen LogP) is 3.58. The van der Waals surface area contributed by atoms with Crippen molar-refractivity contribution in [3.63, 3.8) is 0 Å². The van der Waals surface area contributed by atoms with Crippen LogP contribution in [-0.4, -0.2) is 22.8 Å². The van der Waals surface area contributed by atoms with E-state index in [9.17, 15) is 9.59 Å². The molecule has 0 aromatic heterocycles. The number of rotatable bonds is 4. The van der Waals surface area contributed by atoms with Crippen LogP contribution in [0, 0.1) is 0 Å². The van der Waals surface area contributed by atoms with Crippen LogP contribution in [0.3, 0.4) is 0 Å². The first-order valence-electron chi connectivity index (χ1n) is 8.34. The van der Waals surface area contributed by atoms with E-state index < -0.39 is 6.04 Å². The first-order chi connectivity index (χ1) is 12.2. The first-order valence-corrected chi connectivity index (χ1v) is 8.34. The number of likely N-dealkylation sites (tertiary alicyclic amines) is 1. The quantitative estimate of drug-likeness (QED) is 0.744. The van der Waals surface area contributed by atoms with Gasteiger partial charge in [-0.3, -0.25) is 14.5 Å². The average molecular weight is 330 g/mol. The van der Waals surface area contributed by atoms with Gasteiger partial charge in [-0.25, -0.2) is 0 Å². The Kier molecular flexibility index (Phi) is 3.94. The van der Waals surface area contributed by atoms with E-state index >= 15 is 0 Å². The van der Waals surface area contributed by atoms with Gasteiger partial charge in [-0.1, -0.05) is 60.7 Å². The third-order valence-electron chi connectivity index (χ3n) is 4.52. The van der Waals surface area contributed by atoms with Crippen LogP contribution in [-0.2, 0) is 16.1 Å². The number of anilines is 1. The molecule has 1 aliphatic rings. The summed E-state index contributed by atoms with van der Waals surface area (Å²) in [5, 5.41) is 5.47. The van der Waals surface area contributed by atoms with E-state index in [0.717, 1.165) is 22.0 Å². The van der Waals surface area contributed by atoms with Crippen molar-refractivity contribution < 1.29 is 9.59 Å². The molecule has 0 radical (unpaired) electrons. The van der Waals surface area contributed by atoms with Gasteiger partial charge in [0, 0.05) is 5.69 Å². The van der Waals surface area contributed by atoms with Crippen molar-refractivity contribution in [1.82, 2.24) is 4.90 Å². The molecule has 124 valence electrons. The molecule has 1 saturated heterocycles. The normalized spacial score (nSPS) is 17.3. The Morgan fingerprint density at radius 2 is 1.60 bits per heavy atom. The van der Waals surface area contributed by atoms with Gasteiger partial charge in [0.05, 0.1) is 13.0 Å². The molecule has 1 N–H and O–H groups in total. The zero-order valence-electron chi connectivity index (χ0n) is 13.7. The van der Waals surface area contributed by atoms with Crippen LogP contribution >= 0.6 is 0 Å². The summed E-state index contributed by atoms with van der Waals surface area (Å²) in [5.74, 6) is -0.297. The minimum absolute atomic E-state index is 0.132. The molecule has 25 heavy (non-hydrogen) atoms. The van der Waals surface area contributed by atoms with Gasteiger partial charge in [-0.2, -0.15) is 0 Å². The van der Waals surface area contributed by atoms with Gasteiger partial charge in [0.2, 0.25) is 5.91 Å². The summed E-state index contributed by atoms with van der Waals surface area (Å²) in [6.45, 7) is 0.328. The molecule has 1 aliphatic heterocycles. The number of nitrogens with zero attached hydrogens (tertiary/aromatic N) is 1. The minimum Gasteiger partial charge on any atom is -0.373 e. The van der Waals surface area contributed by atoms with E-state index in [4.69, 9.17) is 0 Å². The standard InChI is InChI=1S/C21H18N2O2/c24-20-13-19(21(25)23(20)14-15-6-2-1-3-7-15)22-18-11-10-16-8-4-5-9-17(16)12-18/h1-12,19,22H,13-14H2/t19-/m0/s1. The monoisotopic (exact) mass is 330 g/mol. The molecular weight excluding hydrogens is 312 g/mol. The smallest absolute Gasteiger partial charge is 0.252 e. The van der Waals surface area contributed by atoms with Crippen molar-refractivity contribution in [1.29, 1.82) is 0 Å². The van der Waals surface area contributed by atoms with Gasteiger partial charge in [0.15, 0.2) is 0 Å². The number of benzene rings is 3. The van der Waals surface area contributed by atoms with Gasteiger partial charge in [-0.05, 0) is 28.5 Å². The summed E-state index contributed by atoms with van der Waals surface area (Å²) in [6.07, 6.45) is 0.193. The maximum absolute atomic E-state index is 12.6. The number of amides is 2. The number of carbonyl (C=O) groups is 2. The Hall–Kier alpha value is -3.14. The molecule has 1 heterocycles. The lowest BCUT2D eigenvalue weighted by Gasteiger charge is -2.16. The van der Waals surface area contributed by atoms with Crippen LogP contribution in [0.1, 0.15) is 12.0 Å². The highest BCUT2D eigenvalue weighted by molar-refractivity contribution is 6.06. The summed E-state index contributed by atoms with van der Waals surface area (Å²) in [4.78, 5) is 26.2. The maximum atomic E-state index is 12.6. The van der Waals surface area contributed by atoms with E-state index in [1.165, 1.54) is 4.90 Å². The third-order valence-corrected chi connectivity index (χ3v) is 4.52. The lowest BCUT2D eigenvalue weighted by atomic mass is 10.1. The molecule has 4 heteroatoms. The molecule has 2 amide bonds. The summed E-state index contributed by atoms with van der Waals surface area (Å²) in [7, 11) is 0. The van der Waals surface area contributed by atoms with Gasteiger partial charge < -0.3 is 5.32 Å². The fourth-order valence-corrected chi connectivity index (χ4v) is 3.21. The fourth-order valence-electron chi connectivity index (χ4n) is 3.21. The first kappa shape index (κ1) is 15.4. The molecule has 1 fully saturated rings. The Labute approximate surface area is 146 Å². The van der Waals surface area contributed by atoms with Gasteiger partial charge in [0.1, 0.15) is 6.04 Å². The lowest BCUT2D eigenvalue weighted by Crippen LogP contribution is -2.34. The molecule has 0 bridgehead atoms. The molecule has 0 aliphatic carbocycles. The van der Waals surface area contributed by atoms with Crippen molar-refractivity contribution in [2.24, 2.45) is 0 Å². The van der Waals surface area contributed by atoms with E-state index in [1.807, 2.05) is 72.8 Å². The molecular formula is C21H18N2O2. The highest BCUT2D eigenvalue weighted by Crippen LogP contribution is 2.23. The van der Waals surface area contributed by atoms with Gasteiger partial charge in [0.25, 0.3) is 5.91 Å². The number of imide groups is 1. The third kappa shape index (κ3) is 3.11. The molecule has 1 atom stereocenters. The molecule has 4 nitrogen and oxygen atoms in total. The Morgan fingerprint density at radius 1 is 0.880 bits per heavy atom. The number of hydrogen-bond acceptors (Lipinski definition) is 3. The SMILES string of the molecule is O=C1C[C@H](Nc2ccc3ccccc3c2)C(=O)N1Cc1ccccc1. The lowest BCUT2D eigenvalue weighted by molar-refractivity contribution is -0.139. The molecule has 3 aromatic rings. The second-order valence-corrected chi connectivity index (χ2v) is 6.27. The van der Waals surface area contributed by atoms with Crippen LogP contribution in [0.2, 0.25) is 0 Å². The highest BCUT2D eigenvalue weighted by atomic mass is 16.2.